The van der Waals surface area contributed by atoms with E-state index in [0.29, 0.717) is 0 Å². The van der Waals surface area contributed by atoms with Crippen LogP contribution < -0.4 is 14.9 Å². The van der Waals surface area contributed by atoms with Crippen molar-refractivity contribution in [1.29, 1.82) is 5.26 Å². The van der Waals surface area contributed by atoms with Crippen LogP contribution in [-0.4, -0.2) is 18.6 Å². The van der Waals surface area contributed by atoms with Crippen LogP contribution in [0.4, 0.5) is 37.7 Å². The van der Waals surface area contributed by atoms with Gasteiger partial charge in [-0.1, -0.05) is 0 Å². The number of ether oxygens (including phenoxy) is 2. The lowest BCUT2D eigenvalue weighted by molar-refractivity contribution is -0.275. The number of azo groups is 1. The van der Waals surface area contributed by atoms with Crippen molar-refractivity contribution in [3.05, 3.63) is 48.5 Å². The zero-order valence-corrected chi connectivity index (χ0v) is 14.0. The summed E-state index contributed by atoms with van der Waals surface area (Å²) in [6, 6.07) is 10.5. The molecule has 0 unspecified atom stereocenters. The summed E-state index contributed by atoms with van der Waals surface area (Å²) in [5, 5.41) is 19.7. The first kappa shape index (κ1) is 21.5. The van der Waals surface area contributed by atoms with Crippen molar-refractivity contribution in [1.82, 2.24) is 0 Å². The second kappa shape index (κ2) is 8.91. The standard InChI is InChI=1S/C16H9F6N5O2/c17-15(18,19)28-12-5-1-10(2-6-12)24-26-14(9-23)27-25-11-3-7-13(8-4-11)29-16(20,21)22/h1-8,24H. The van der Waals surface area contributed by atoms with Crippen LogP contribution in [0.2, 0.25) is 0 Å². The molecule has 0 saturated carbocycles. The number of hydrogen-bond donors (Lipinski definition) is 1. The predicted molar refractivity (Wildman–Crippen MR) is 87.4 cm³/mol. The van der Waals surface area contributed by atoms with E-state index >= 15 is 0 Å². The van der Waals surface area contributed by atoms with E-state index in [2.05, 4.69) is 30.2 Å². The van der Waals surface area contributed by atoms with E-state index in [4.69, 9.17) is 5.26 Å². The molecule has 0 fully saturated rings. The first-order chi connectivity index (χ1) is 13.5. The molecule has 13 heteroatoms. The van der Waals surface area contributed by atoms with Crippen LogP contribution in [0.5, 0.6) is 11.5 Å². The molecule has 0 bridgehead atoms. The number of anilines is 1. The Kier molecular flexibility index (Phi) is 6.60. The summed E-state index contributed by atoms with van der Waals surface area (Å²) < 4.78 is 79.9. The largest absolute Gasteiger partial charge is 0.573 e. The monoisotopic (exact) mass is 417 g/mol. The molecule has 0 amide bonds. The number of benzene rings is 2. The third-order valence-electron chi connectivity index (χ3n) is 2.81. The molecule has 29 heavy (non-hydrogen) atoms. The summed E-state index contributed by atoms with van der Waals surface area (Å²) in [5.74, 6) is -1.34. The number of amidine groups is 1. The van der Waals surface area contributed by atoms with E-state index in [9.17, 15) is 26.3 Å². The van der Waals surface area contributed by atoms with Gasteiger partial charge < -0.3 is 9.47 Å². The predicted octanol–water partition coefficient (Wildman–Crippen LogP) is 5.52. The Morgan fingerprint density at radius 2 is 1.31 bits per heavy atom. The molecule has 0 spiro atoms. The third kappa shape index (κ3) is 8.16. The van der Waals surface area contributed by atoms with Crippen molar-refractivity contribution in [2.24, 2.45) is 15.3 Å². The Balaban J connectivity index is 1.98. The van der Waals surface area contributed by atoms with Gasteiger partial charge in [0, 0.05) is 0 Å². The second-order valence-electron chi connectivity index (χ2n) is 4.97. The van der Waals surface area contributed by atoms with Gasteiger partial charge in [0.2, 0.25) is 0 Å². The minimum atomic E-state index is -4.83. The molecule has 0 radical (unpaired) electrons. The average Bonchev–Trinajstić information content (AvgIpc) is 2.62. The lowest BCUT2D eigenvalue weighted by atomic mass is 10.3. The van der Waals surface area contributed by atoms with Gasteiger partial charge in [0.05, 0.1) is 11.4 Å². The van der Waals surface area contributed by atoms with E-state index in [1.807, 2.05) is 0 Å². The Labute approximate surface area is 158 Å². The smallest absolute Gasteiger partial charge is 0.406 e. The van der Waals surface area contributed by atoms with E-state index in [1.165, 1.54) is 24.3 Å². The fourth-order valence-electron chi connectivity index (χ4n) is 1.74. The van der Waals surface area contributed by atoms with Crippen LogP contribution in [-0.2, 0) is 0 Å². The molecule has 2 rings (SSSR count). The molecule has 0 aliphatic rings. The number of hydrogen-bond acceptors (Lipinski definition) is 6. The molecule has 0 atom stereocenters. The number of hydrazone groups is 1. The Bertz CT molecular complexity index is 915. The second-order valence-corrected chi connectivity index (χ2v) is 4.97. The van der Waals surface area contributed by atoms with Crippen LogP contribution in [0.1, 0.15) is 0 Å². The van der Waals surface area contributed by atoms with Gasteiger partial charge in [-0.25, -0.2) is 0 Å². The minimum Gasteiger partial charge on any atom is -0.406 e. The highest BCUT2D eigenvalue weighted by Crippen LogP contribution is 2.25. The van der Waals surface area contributed by atoms with Gasteiger partial charge in [0.1, 0.15) is 17.6 Å². The first-order valence-corrected chi connectivity index (χ1v) is 7.41. The number of halogens is 6. The summed E-state index contributed by atoms with van der Waals surface area (Å²) in [6.07, 6.45) is -9.65. The van der Waals surface area contributed by atoms with Gasteiger partial charge in [0.25, 0.3) is 5.84 Å². The number of nitrogens with zero attached hydrogens (tertiary/aromatic N) is 4. The van der Waals surface area contributed by atoms with Crippen LogP contribution in [0.25, 0.3) is 0 Å². The third-order valence-corrected chi connectivity index (χ3v) is 2.81. The number of nitrogens with one attached hydrogen (secondary N) is 1. The molecule has 0 aliphatic heterocycles. The van der Waals surface area contributed by atoms with Gasteiger partial charge in [-0.2, -0.15) is 5.26 Å². The van der Waals surface area contributed by atoms with Crippen LogP contribution in [0.3, 0.4) is 0 Å². The van der Waals surface area contributed by atoms with Gasteiger partial charge in [-0.15, -0.1) is 41.7 Å². The summed E-state index contributed by atoms with van der Waals surface area (Å²) >= 11 is 0. The Morgan fingerprint density at radius 3 is 1.76 bits per heavy atom. The molecular weight excluding hydrogens is 408 g/mol. The van der Waals surface area contributed by atoms with Gasteiger partial charge in [-0.05, 0) is 48.5 Å². The van der Waals surface area contributed by atoms with Crippen LogP contribution in [0.15, 0.2) is 63.9 Å². The number of alkyl halides is 6. The van der Waals surface area contributed by atoms with Crippen LogP contribution >= 0.6 is 0 Å². The maximum absolute atomic E-state index is 12.1. The highest BCUT2D eigenvalue weighted by Gasteiger charge is 2.31. The Morgan fingerprint density at radius 1 is 0.828 bits per heavy atom. The van der Waals surface area contributed by atoms with E-state index in [1.54, 1.807) is 6.07 Å². The molecule has 0 heterocycles. The maximum atomic E-state index is 12.1. The van der Waals surface area contributed by atoms with E-state index < -0.39 is 30.1 Å². The van der Waals surface area contributed by atoms with Gasteiger partial charge >= 0.3 is 12.7 Å². The van der Waals surface area contributed by atoms with Crippen molar-refractivity contribution in [3.63, 3.8) is 0 Å². The highest BCUT2D eigenvalue weighted by atomic mass is 19.4. The molecule has 0 aliphatic carbocycles. The molecular formula is C16H9F6N5O2. The topological polar surface area (TPSA) is 91.4 Å². The Hall–Kier alpha value is -3.82. The summed E-state index contributed by atoms with van der Waals surface area (Å²) in [5.41, 5.74) is 2.74. The lowest BCUT2D eigenvalue weighted by Crippen LogP contribution is -2.16. The van der Waals surface area contributed by atoms with Crippen molar-refractivity contribution in [3.8, 4) is 17.6 Å². The van der Waals surface area contributed by atoms with Crippen molar-refractivity contribution < 1.29 is 35.8 Å². The fourth-order valence-corrected chi connectivity index (χ4v) is 1.74. The number of nitriles is 1. The molecule has 152 valence electrons. The zero-order valence-electron chi connectivity index (χ0n) is 14.0. The molecule has 1 N–H and O–H groups in total. The SMILES string of the molecule is N#CC(N=Nc1ccc(OC(F)(F)F)cc1)=NNc1ccc(OC(F)(F)F)cc1. The van der Waals surface area contributed by atoms with Crippen molar-refractivity contribution >= 4 is 17.2 Å². The molecule has 7 nitrogen and oxygen atoms in total. The molecule has 2 aromatic rings. The molecule has 0 saturated heterocycles. The van der Waals surface area contributed by atoms with Crippen LogP contribution in [0, 0.1) is 11.3 Å². The molecule has 0 aromatic heterocycles. The lowest BCUT2D eigenvalue weighted by Gasteiger charge is -2.08. The highest BCUT2D eigenvalue weighted by molar-refractivity contribution is 5.97. The summed E-state index contributed by atoms with van der Waals surface area (Å²) in [6.45, 7) is 0. The van der Waals surface area contributed by atoms with Crippen molar-refractivity contribution in [2.45, 2.75) is 12.7 Å². The summed E-state index contributed by atoms with van der Waals surface area (Å²) in [4.78, 5) is 0. The molecule has 2 aromatic carbocycles. The van der Waals surface area contributed by atoms with E-state index in [0.717, 1.165) is 24.3 Å². The first-order valence-electron chi connectivity index (χ1n) is 7.41. The fraction of sp³-hybridized carbons (Fsp3) is 0.125. The van der Waals surface area contributed by atoms with Gasteiger partial charge in [-0.3, -0.25) is 5.43 Å². The quantitative estimate of drug-likeness (QED) is 0.228. The normalized spacial score (nSPS) is 12.5. The van der Waals surface area contributed by atoms with Gasteiger partial charge in [0.15, 0.2) is 0 Å². The zero-order chi connectivity index (χ0) is 21.5. The van der Waals surface area contributed by atoms with Crippen molar-refractivity contribution in [2.75, 3.05) is 5.43 Å². The van der Waals surface area contributed by atoms with E-state index in [-0.39, 0.29) is 11.4 Å². The minimum absolute atomic E-state index is 0.121. The average molecular weight is 417 g/mol. The summed E-state index contributed by atoms with van der Waals surface area (Å²) in [7, 11) is 0. The number of rotatable bonds is 5. The maximum Gasteiger partial charge on any atom is 0.573 e.